The molecule has 0 saturated carbocycles. The molecular formula is C20H21FN4O3S. The summed E-state index contributed by atoms with van der Waals surface area (Å²) in [6.45, 7) is 1.26. The molecule has 1 aromatic carbocycles. The van der Waals surface area contributed by atoms with Crippen LogP contribution in [0.1, 0.15) is 31.1 Å². The van der Waals surface area contributed by atoms with Crippen LogP contribution in [0.3, 0.4) is 0 Å². The lowest BCUT2D eigenvalue weighted by Gasteiger charge is -2.33. The quantitative estimate of drug-likeness (QED) is 0.681. The molecule has 152 valence electrons. The largest absolute Gasteiger partial charge is 0.468 e. The van der Waals surface area contributed by atoms with Crippen LogP contribution in [-0.4, -0.2) is 41.0 Å². The predicted octanol–water partition coefficient (Wildman–Crippen LogP) is 3.01. The highest BCUT2D eigenvalue weighted by atomic mass is 32.1. The normalized spacial score (nSPS) is 23.0. The van der Waals surface area contributed by atoms with Gasteiger partial charge in [0, 0.05) is 25.9 Å². The van der Waals surface area contributed by atoms with Crippen molar-refractivity contribution < 1.29 is 18.3 Å². The van der Waals surface area contributed by atoms with Crippen molar-refractivity contribution in [2.24, 2.45) is 0 Å². The Balaban J connectivity index is 1.15. The number of nitrogens with zero attached hydrogens (tertiary/aromatic N) is 2. The molecule has 0 radical (unpaired) electrons. The first kappa shape index (κ1) is 18.5. The second-order valence-corrected chi connectivity index (χ2v) is 8.35. The first-order valence-corrected chi connectivity index (χ1v) is 10.5. The fourth-order valence-electron chi connectivity index (χ4n) is 3.90. The summed E-state index contributed by atoms with van der Waals surface area (Å²) in [5, 5.41) is 0.484. The number of thiazole rings is 1. The molecule has 5 rings (SSSR count). The van der Waals surface area contributed by atoms with Crippen LogP contribution in [0.25, 0.3) is 10.2 Å². The molecule has 1 amide bonds. The van der Waals surface area contributed by atoms with Crippen LogP contribution in [0.15, 0.2) is 41.0 Å². The van der Waals surface area contributed by atoms with E-state index in [0.29, 0.717) is 30.2 Å². The van der Waals surface area contributed by atoms with Gasteiger partial charge in [-0.2, -0.15) is 4.98 Å². The monoisotopic (exact) mass is 416 g/mol. The molecule has 2 unspecified atom stereocenters. The average Bonchev–Trinajstić information content (AvgIpc) is 3.48. The number of para-hydroxylation sites is 1. The number of aromatic nitrogens is 1. The first-order chi connectivity index (χ1) is 14.2. The molecule has 2 aliphatic rings. The van der Waals surface area contributed by atoms with E-state index in [9.17, 15) is 9.18 Å². The third kappa shape index (κ3) is 3.73. The highest BCUT2D eigenvalue weighted by molar-refractivity contribution is 7.20. The van der Waals surface area contributed by atoms with Crippen LogP contribution in [-0.2, 0) is 4.79 Å². The van der Waals surface area contributed by atoms with Gasteiger partial charge in [0.05, 0.1) is 17.0 Å². The summed E-state index contributed by atoms with van der Waals surface area (Å²) >= 11 is 1.35. The molecule has 2 aliphatic heterocycles. The molecule has 2 N–H and O–H groups in total. The van der Waals surface area contributed by atoms with E-state index in [0.717, 1.165) is 23.3 Å². The molecule has 0 spiro atoms. The Morgan fingerprint density at radius 1 is 1.24 bits per heavy atom. The number of fused-ring (bicyclic) bond motifs is 1. The average molecular weight is 416 g/mol. The lowest BCUT2D eigenvalue weighted by atomic mass is 10.0. The summed E-state index contributed by atoms with van der Waals surface area (Å²) in [4.78, 5) is 19.0. The standard InChI is InChI=1S/C20H21FN4O3S/c21-13-3-1-5-17-18(13)22-20(29-17)28-12-6-8-25(9-7-12)19(26)15-11-14(23-24-15)16-4-2-10-27-16/h1-5,10,12,14-15,23-24H,6-9,11H2. The van der Waals surface area contributed by atoms with E-state index in [-0.39, 0.29) is 29.9 Å². The lowest BCUT2D eigenvalue weighted by molar-refractivity contribution is -0.135. The molecule has 29 heavy (non-hydrogen) atoms. The number of hydrogen-bond donors (Lipinski definition) is 2. The second-order valence-electron chi connectivity index (χ2n) is 7.35. The highest BCUT2D eigenvalue weighted by Gasteiger charge is 2.35. The second kappa shape index (κ2) is 7.74. The van der Waals surface area contributed by atoms with Crippen molar-refractivity contribution in [1.82, 2.24) is 20.7 Å². The van der Waals surface area contributed by atoms with Crippen LogP contribution >= 0.6 is 11.3 Å². The third-order valence-electron chi connectivity index (χ3n) is 5.46. The Kier molecular flexibility index (Phi) is 4.94. The van der Waals surface area contributed by atoms with Gasteiger partial charge in [0.15, 0.2) is 0 Å². The van der Waals surface area contributed by atoms with Gasteiger partial charge in [-0.05, 0) is 30.7 Å². The topological polar surface area (TPSA) is 79.6 Å². The molecule has 2 aromatic heterocycles. The maximum atomic E-state index is 13.8. The van der Waals surface area contributed by atoms with Gasteiger partial charge in [-0.1, -0.05) is 17.4 Å². The number of rotatable bonds is 4. The number of furan rings is 1. The Hall–Kier alpha value is -2.49. The van der Waals surface area contributed by atoms with E-state index < -0.39 is 0 Å². The van der Waals surface area contributed by atoms with E-state index in [1.807, 2.05) is 23.1 Å². The summed E-state index contributed by atoms with van der Waals surface area (Å²) < 4.78 is 26.0. The van der Waals surface area contributed by atoms with Crippen LogP contribution < -0.4 is 15.6 Å². The summed E-state index contributed by atoms with van der Waals surface area (Å²) in [7, 11) is 0. The number of hydrogen-bond acceptors (Lipinski definition) is 7. The first-order valence-electron chi connectivity index (χ1n) is 9.72. The molecule has 0 bridgehead atoms. The van der Waals surface area contributed by atoms with Crippen molar-refractivity contribution >= 4 is 27.5 Å². The van der Waals surface area contributed by atoms with Crippen molar-refractivity contribution in [3.8, 4) is 5.19 Å². The highest BCUT2D eigenvalue weighted by Crippen LogP contribution is 2.31. The molecule has 2 saturated heterocycles. The third-order valence-corrected chi connectivity index (χ3v) is 6.37. The van der Waals surface area contributed by atoms with Gasteiger partial charge < -0.3 is 14.1 Å². The van der Waals surface area contributed by atoms with Crippen LogP contribution in [0.5, 0.6) is 5.19 Å². The number of ether oxygens (including phenoxy) is 1. The van der Waals surface area contributed by atoms with E-state index in [2.05, 4.69) is 15.8 Å². The van der Waals surface area contributed by atoms with Gasteiger partial charge in [-0.15, -0.1) is 0 Å². The number of carbonyl (C=O) groups excluding carboxylic acids is 1. The van der Waals surface area contributed by atoms with Gasteiger partial charge in [-0.3, -0.25) is 4.79 Å². The minimum atomic E-state index is -0.334. The van der Waals surface area contributed by atoms with E-state index in [1.165, 1.54) is 17.4 Å². The van der Waals surface area contributed by atoms with Gasteiger partial charge in [0.2, 0.25) is 5.91 Å². The number of nitrogens with one attached hydrogen (secondary N) is 2. The number of hydrazine groups is 1. The number of carbonyl (C=O) groups is 1. The predicted molar refractivity (Wildman–Crippen MR) is 106 cm³/mol. The van der Waals surface area contributed by atoms with Gasteiger partial charge in [0.25, 0.3) is 5.19 Å². The van der Waals surface area contributed by atoms with E-state index >= 15 is 0 Å². The number of piperidine rings is 1. The number of amides is 1. The minimum Gasteiger partial charge on any atom is -0.468 e. The van der Waals surface area contributed by atoms with Crippen molar-refractivity contribution in [2.45, 2.75) is 37.5 Å². The molecule has 7 nitrogen and oxygen atoms in total. The SMILES string of the molecule is O=C(C1CC(c2ccco2)NN1)N1CCC(Oc2nc3c(F)cccc3s2)CC1. The van der Waals surface area contributed by atoms with Crippen LogP contribution in [0.2, 0.25) is 0 Å². The van der Waals surface area contributed by atoms with Gasteiger partial charge in [-0.25, -0.2) is 15.2 Å². The molecule has 3 aromatic rings. The fourth-order valence-corrected chi connectivity index (χ4v) is 4.79. The Bertz CT molecular complexity index is 1000. The van der Waals surface area contributed by atoms with Gasteiger partial charge >= 0.3 is 0 Å². The summed E-state index contributed by atoms with van der Waals surface area (Å²) in [5.74, 6) is 0.582. The summed E-state index contributed by atoms with van der Waals surface area (Å²) in [6.07, 6.45) is 3.72. The number of benzene rings is 1. The smallest absolute Gasteiger partial charge is 0.274 e. The maximum absolute atomic E-state index is 13.8. The molecule has 9 heteroatoms. The zero-order valence-corrected chi connectivity index (χ0v) is 16.5. The zero-order chi connectivity index (χ0) is 19.8. The van der Waals surface area contributed by atoms with Crippen molar-refractivity contribution in [1.29, 1.82) is 0 Å². The Labute approximate surface area is 170 Å². The Morgan fingerprint density at radius 2 is 2.10 bits per heavy atom. The van der Waals surface area contributed by atoms with E-state index in [4.69, 9.17) is 9.15 Å². The van der Waals surface area contributed by atoms with Crippen molar-refractivity contribution in [3.63, 3.8) is 0 Å². The minimum absolute atomic E-state index is 0.000692. The van der Waals surface area contributed by atoms with E-state index in [1.54, 1.807) is 12.3 Å². The fraction of sp³-hybridized carbons (Fsp3) is 0.400. The molecule has 2 atom stereocenters. The maximum Gasteiger partial charge on any atom is 0.274 e. The number of halogens is 1. The van der Waals surface area contributed by atoms with Gasteiger partial charge in [0.1, 0.15) is 29.2 Å². The zero-order valence-electron chi connectivity index (χ0n) is 15.6. The Morgan fingerprint density at radius 3 is 2.86 bits per heavy atom. The summed E-state index contributed by atoms with van der Waals surface area (Å²) in [6, 6.07) is 8.39. The van der Waals surface area contributed by atoms with Crippen molar-refractivity contribution in [2.75, 3.05) is 13.1 Å². The summed E-state index contributed by atoms with van der Waals surface area (Å²) in [5.41, 5.74) is 6.57. The lowest BCUT2D eigenvalue weighted by Crippen LogP contribution is -2.49. The number of likely N-dealkylation sites (tertiary alicyclic amines) is 1. The molecule has 0 aliphatic carbocycles. The molecular weight excluding hydrogens is 395 g/mol. The van der Waals surface area contributed by atoms with Crippen molar-refractivity contribution in [3.05, 3.63) is 48.2 Å². The molecule has 4 heterocycles. The van der Waals surface area contributed by atoms with Crippen LogP contribution in [0.4, 0.5) is 4.39 Å². The molecule has 2 fully saturated rings. The van der Waals surface area contributed by atoms with Crippen LogP contribution in [0, 0.1) is 5.82 Å².